The van der Waals surface area contributed by atoms with Gasteiger partial charge in [-0.15, -0.1) is 0 Å². The maximum absolute atomic E-state index is 11.9. The molecule has 0 aromatic heterocycles. The summed E-state index contributed by atoms with van der Waals surface area (Å²) in [6.45, 7) is 5.11. The first-order valence-corrected chi connectivity index (χ1v) is 6.58. The number of nitrogens with one attached hydrogen (secondary N) is 1. The second-order valence-corrected chi connectivity index (χ2v) is 5.07. The Balaban J connectivity index is 1.65. The molecule has 5 heteroatoms. The summed E-state index contributed by atoms with van der Waals surface area (Å²) in [5.41, 5.74) is 5.48. The van der Waals surface area contributed by atoms with E-state index in [1.807, 2.05) is 0 Å². The summed E-state index contributed by atoms with van der Waals surface area (Å²) in [5.74, 6) is 0.0308. The number of carbonyl (C=O) groups is 1. The van der Waals surface area contributed by atoms with Gasteiger partial charge in [-0.3, -0.25) is 9.69 Å². The second kappa shape index (κ2) is 5.80. The van der Waals surface area contributed by atoms with Crippen LogP contribution in [0.25, 0.3) is 0 Å². The van der Waals surface area contributed by atoms with Crippen molar-refractivity contribution in [1.82, 2.24) is 10.2 Å². The molecule has 2 aliphatic rings. The highest BCUT2D eigenvalue weighted by molar-refractivity contribution is 5.86. The van der Waals surface area contributed by atoms with Gasteiger partial charge >= 0.3 is 0 Å². The van der Waals surface area contributed by atoms with E-state index in [0.29, 0.717) is 6.54 Å². The number of morpholine rings is 1. The molecule has 3 N–H and O–H groups in total. The predicted octanol–water partition coefficient (Wildman–Crippen LogP) is -0.294. The number of carbonyl (C=O) groups excluding carboxylic acids is 1. The summed E-state index contributed by atoms with van der Waals surface area (Å²) in [5, 5.41) is 2.97. The molecule has 5 nitrogen and oxygen atoms in total. The summed E-state index contributed by atoms with van der Waals surface area (Å²) in [7, 11) is 0. The number of hydrogen-bond acceptors (Lipinski definition) is 4. The maximum atomic E-state index is 11.9. The summed E-state index contributed by atoms with van der Waals surface area (Å²) < 4.78 is 5.28. The first kappa shape index (κ1) is 12.8. The lowest BCUT2D eigenvalue weighted by Gasteiger charge is -2.27. The Morgan fingerprint density at radius 2 is 1.94 bits per heavy atom. The molecule has 0 spiro atoms. The lowest BCUT2D eigenvalue weighted by atomic mass is 9.98. The number of amides is 1. The normalized spacial score (nSPS) is 24.8. The van der Waals surface area contributed by atoms with E-state index < -0.39 is 5.54 Å². The van der Waals surface area contributed by atoms with Crippen LogP contribution < -0.4 is 11.1 Å². The average molecular weight is 241 g/mol. The number of ether oxygens (including phenoxy) is 1. The van der Waals surface area contributed by atoms with E-state index in [1.165, 1.54) is 0 Å². The minimum absolute atomic E-state index is 0.0308. The van der Waals surface area contributed by atoms with E-state index in [4.69, 9.17) is 10.5 Å². The molecule has 0 bridgehead atoms. The fourth-order valence-corrected chi connectivity index (χ4v) is 2.56. The van der Waals surface area contributed by atoms with Gasteiger partial charge in [0.1, 0.15) is 0 Å². The molecular formula is C12H23N3O2. The Labute approximate surface area is 103 Å². The summed E-state index contributed by atoms with van der Waals surface area (Å²) in [4.78, 5) is 14.2. The van der Waals surface area contributed by atoms with Crippen LogP contribution in [0.2, 0.25) is 0 Å². The zero-order valence-electron chi connectivity index (χ0n) is 10.4. The minimum atomic E-state index is -0.592. The van der Waals surface area contributed by atoms with Gasteiger partial charge in [0.05, 0.1) is 18.8 Å². The van der Waals surface area contributed by atoms with Crippen molar-refractivity contribution in [2.24, 2.45) is 5.73 Å². The quantitative estimate of drug-likeness (QED) is 0.709. The van der Waals surface area contributed by atoms with Gasteiger partial charge < -0.3 is 15.8 Å². The first-order valence-electron chi connectivity index (χ1n) is 6.58. The molecule has 2 fully saturated rings. The highest BCUT2D eigenvalue weighted by Crippen LogP contribution is 2.26. The van der Waals surface area contributed by atoms with Crippen molar-refractivity contribution >= 4 is 5.91 Å². The Hall–Kier alpha value is -0.650. The summed E-state index contributed by atoms with van der Waals surface area (Å²) >= 11 is 0. The molecule has 0 radical (unpaired) electrons. The van der Waals surface area contributed by atoms with Gasteiger partial charge in [-0.25, -0.2) is 0 Å². The molecule has 1 amide bonds. The molecule has 0 aromatic rings. The van der Waals surface area contributed by atoms with Crippen LogP contribution in [0.1, 0.15) is 25.7 Å². The third-order valence-electron chi connectivity index (χ3n) is 3.77. The van der Waals surface area contributed by atoms with Crippen LogP contribution in [0, 0.1) is 0 Å². The van der Waals surface area contributed by atoms with Crippen molar-refractivity contribution in [3.8, 4) is 0 Å². The molecule has 2 rings (SSSR count). The third-order valence-corrected chi connectivity index (χ3v) is 3.77. The lowest BCUT2D eigenvalue weighted by Crippen LogP contribution is -2.53. The fourth-order valence-electron chi connectivity index (χ4n) is 2.56. The van der Waals surface area contributed by atoms with Gasteiger partial charge in [-0.05, 0) is 12.8 Å². The van der Waals surface area contributed by atoms with Crippen molar-refractivity contribution in [3.05, 3.63) is 0 Å². The molecule has 0 unspecified atom stereocenters. The largest absolute Gasteiger partial charge is 0.379 e. The molecule has 0 aromatic carbocycles. The molecule has 1 saturated heterocycles. The summed E-state index contributed by atoms with van der Waals surface area (Å²) in [6.07, 6.45) is 3.81. The highest BCUT2D eigenvalue weighted by atomic mass is 16.5. The van der Waals surface area contributed by atoms with E-state index in [-0.39, 0.29) is 5.91 Å². The Kier molecular flexibility index (Phi) is 4.36. The van der Waals surface area contributed by atoms with Crippen molar-refractivity contribution in [2.45, 2.75) is 31.2 Å². The second-order valence-electron chi connectivity index (χ2n) is 5.07. The molecule has 1 aliphatic carbocycles. The van der Waals surface area contributed by atoms with Crippen LogP contribution in [0.15, 0.2) is 0 Å². The Morgan fingerprint density at radius 3 is 2.59 bits per heavy atom. The molecule has 1 heterocycles. The molecule has 1 saturated carbocycles. The molecule has 0 atom stereocenters. The Bertz CT molecular complexity index is 258. The van der Waals surface area contributed by atoms with Crippen molar-refractivity contribution < 1.29 is 9.53 Å². The van der Waals surface area contributed by atoms with Crippen molar-refractivity contribution in [3.63, 3.8) is 0 Å². The van der Waals surface area contributed by atoms with Crippen molar-refractivity contribution in [1.29, 1.82) is 0 Å². The standard InChI is InChI=1S/C12H23N3O2/c13-12(3-1-2-4-12)11(16)14-5-6-15-7-9-17-10-8-15/h1-10,13H2,(H,14,16). The zero-order valence-corrected chi connectivity index (χ0v) is 10.4. The monoisotopic (exact) mass is 241 g/mol. The van der Waals surface area contributed by atoms with Gasteiger partial charge in [0.2, 0.25) is 5.91 Å². The van der Waals surface area contributed by atoms with E-state index in [9.17, 15) is 4.79 Å². The van der Waals surface area contributed by atoms with Crippen LogP contribution in [0.5, 0.6) is 0 Å². The fraction of sp³-hybridized carbons (Fsp3) is 0.917. The minimum Gasteiger partial charge on any atom is -0.379 e. The van der Waals surface area contributed by atoms with Crippen LogP contribution in [-0.2, 0) is 9.53 Å². The average Bonchev–Trinajstić information content (AvgIpc) is 2.79. The Morgan fingerprint density at radius 1 is 1.29 bits per heavy atom. The number of hydrogen-bond donors (Lipinski definition) is 2. The summed E-state index contributed by atoms with van der Waals surface area (Å²) in [6, 6.07) is 0. The topological polar surface area (TPSA) is 67.6 Å². The highest BCUT2D eigenvalue weighted by Gasteiger charge is 2.36. The zero-order chi connectivity index (χ0) is 12.1. The van der Waals surface area contributed by atoms with E-state index in [1.54, 1.807) is 0 Å². The SMILES string of the molecule is NC1(C(=O)NCCN2CCOCC2)CCCC1. The van der Waals surface area contributed by atoms with Gasteiger partial charge in [0.15, 0.2) is 0 Å². The third kappa shape index (κ3) is 3.40. The number of nitrogens with two attached hydrogens (primary N) is 1. The lowest BCUT2D eigenvalue weighted by molar-refractivity contribution is -0.126. The molecule has 17 heavy (non-hydrogen) atoms. The van der Waals surface area contributed by atoms with Crippen LogP contribution in [0.4, 0.5) is 0 Å². The first-order chi connectivity index (χ1) is 8.21. The van der Waals surface area contributed by atoms with Crippen LogP contribution >= 0.6 is 0 Å². The maximum Gasteiger partial charge on any atom is 0.240 e. The number of nitrogens with zero attached hydrogens (tertiary/aromatic N) is 1. The van der Waals surface area contributed by atoms with Gasteiger partial charge in [-0.2, -0.15) is 0 Å². The predicted molar refractivity (Wildman–Crippen MR) is 65.7 cm³/mol. The molecule has 1 aliphatic heterocycles. The molecular weight excluding hydrogens is 218 g/mol. The van der Waals surface area contributed by atoms with Gasteiger partial charge in [-0.1, -0.05) is 12.8 Å². The van der Waals surface area contributed by atoms with Crippen LogP contribution in [0.3, 0.4) is 0 Å². The van der Waals surface area contributed by atoms with Gasteiger partial charge in [0, 0.05) is 26.2 Å². The van der Waals surface area contributed by atoms with E-state index >= 15 is 0 Å². The van der Waals surface area contributed by atoms with Gasteiger partial charge in [0.25, 0.3) is 0 Å². The van der Waals surface area contributed by atoms with Crippen LogP contribution in [-0.4, -0.2) is 55.7 Å². The molecule has 98 valence electrons. The van der Waals surface area contributed by atoms with Crippen molar-refractivity contribution in [2.75, 3.05) is 39.4 Å². The van der Waals surface area contributed by atoms with E-state index in [0.717, 1.165) is 58.5 Å². The smallest absolute Gasteiger partial charge is 0.240 e. The number of rotatable bonds is 4. The van der Waals surface area contributed by atoms with E-state index in [2.05, 4.69) is 10.2 Å².